The van der Waals surface area contributed by atoms with E-state index in [9.17, 15) is 4.79 Å². The second kappa shape index (κ2) is 8.29. The number of nitrogens with zero attached hydrogens (tertiary/aromatic N) is 1. The summed E-state index contributed by atoms with van der Waals surface area (Å²) in [6.45, 7) is 3.38. The number of carbonyl (C=O) groups is 1. The normalized spacial score (nSPS) is 16.8. The van der Waals surface area contributed by atoms with Crippen LogP contribution in [-0.4, -0.2) is 38.1 Å². The van der Waals surface area contributed by atoms with Crippen LogP contribution < -0.4 is 14.8 Å². The molecule has 2 heterocycles. The van der Waals surface area contributed by atoms with Gasteiger partial charge in [0.1, 0.15) is 11.5 Å². The van der Waals surface area contributed by atoms with Gasteiger partial charge in [-0.05, 0) is 35.9 Å². The number of fused-ring (bicyclic) bond motifs is 1. The number of methoxy groups -OCH3 is 2. The molecule has 0 bridgehead atoms. The first-order valence-corrected chi connectivity index (χ1v) is 9.84. The van der Waals surface area contributed by atoms with E-state index in [1.54, 1.807) is 26.4 Å². The molecule has 1 N–H and O–H groups in total. The Bertz CT molecular complexity index is 793. The standard InChI is InChI=1S/C19H23ClN2O3S/c1-4-15-12-6-8-26-18(12)5-7-22(15)11-19(23)21-14-9-13(20)16(24-2)10-17(14)25-3/h6,8-10,15H,4-5,7,11H2,1-3H3,(H,21,23). The summed E-state index contributed by atoms with van der Waals surface area (Å²) in [4.78, 5) is 16.3. The molecule has 1 aromatic heterocycles. The van der Waals surface area contributed by atoms with E-state index in [1.165, 1.54) is 10.4 Å². The summed E-state index contributed by atoms with van der Waals surface area (Å²) in [5.41, 5.74) is 1.91. The molecule has 0 saturated heterocycles. The van der Waals surface area contributed by atoms with E-state index in [0.717, 1.165) is 19.4 Å². The highest BCUT2D eigenvalue weighted by Gasteiger charge is 2.28. The number of ether oxygens (including phenoxy) is 2. The van der Waals surface area contributed by atoms with Crippen LogP contribution in [0.1, 0.15) is 29.8 Å². The number of benzene rings is 1. The van der Waals surface area contributed by atoms with Gasteiger partial charge in [0.05, 0.1) is 31.5 Å². The minimum absolute atomic E-state index is 0.0818. The zero-order valence-electron chi connectivity index (χ0n) is 15.2. The largest absolute Gasteiger partial charge is 0.495 e. The van der Waals surface area contributed by atoms with Crippen LogP contribution in [0, 0.1) is 0 Å². The van der Waals surface area contributed by atoms with Gasteiger partial charge in [-0.2, -0.15) is 0 Å². The summed E-state index contributed by atoms with van der Waals surface area (Å²) in [7, 11) is 3.09. The van der Waals surface area contributed by atoms with Gasteiger partial charge in [0.15, 0.2) is 0 Å². The Morgan fingerprint density at radius 1 is 1.35 bits per heavy atom. The lowest BCUT2D eigenvalue weighted by Gasteiger charge is -2.34. The minimum Gasteiger partial charge on any atom is -0.495 e. The van der Waals surface area contributed by atoms with Crippen LogP contribution in [0.4, 0.5) is 5.69 Å². The van der Waals surface area contributed by atoms with Gasteiger partial charge in [-0.15, -0.1) is 11.3 Å². The van der Waals surface area contributed by atoms with E-state index in [0.29, 0.717) is 28.8 Å². The van der Waals surface area contributed by atoms with Crippen LogP contribution in [0.2, 0.25) is 5.02 Å². The first kappa shape index (κ1) is 19.0. The number of hydrogen-bond donors (Lipinski definition) is 1. The van der Waals surface area contributed by atoms with E-state index < -0.39 is 0 Å². The number of thiophene rings is 1. The summed E-state index contributed by atoms with van der Waals surface area (Å²) in [6, 6.07) is 5.80. The molecule has 0 radical (unpaired) electrons. The number of carbonyl (C=O) groups excluding carboxylic acids is 1. The summed E-state index contributed by atoms with van der Waals surface area (Å²) >= 11 is 7.99. The third-order valence-corrected chi connectivity index (χ3v) is 5.98. The van der Waals surface area contributed by atoms with Crippen molar-refractivity contribution < 1.29 is 14.3 Å². The summed E-state index contributed by atoms with van der Waals surface area (Å²) < 4.78 is 10.5. The number of rotatable bonds is 6. The molecule has 1 unspecified atom stereocenters. The Morgan fingerprint density at radius 2 is 2.12 bits per heavy atom. The highest BCUT2D eigenvalue weighted by molar-refractivity contribution is 7.10. The molecule has 1 aliphatic heterocycles. The predicted molar refractivity (Wildman–Crippen MR) is 106 cm³/mol. The summed E-state index contributed by atoms with van der Waals surface area (Å²) in [5.74, 6) is 0.945. The van der Waals surface area contributed by atoms with Gasteiger partial charge in [0.25, 0.3) is 0 Å². The van der Waals surface area contributed by atoms with Gasteiger partial charge in [-0.3, -0.25) is 9.69 Å². The molecule has 0 fully saturated rings. The lowest BCUT2D eigenvalue weighted by molar-refractivity contribution is -0.118. The van der Waals surface area contributed by atoms with Gasteiger partial charge in [0.2, 0.25) is 5.91 Å². The van der Waals surface area contributed by atoms with E-state index in [1.807, 2.05) is 11.3 Å². The second-order valence-corrected chi connectivity index (χ2v) is 7.59. The fourth-order valence-electron chi connectivity index (χ4n) is 3.45. The molecular formula is C19H23ClN2O3S. The molecule has 0 spiro atoms. The molecule has 3 rings (SSSR count). The average molecular weight is 395 g/mol. The first-order chi connectivity index (χ1) is 12.6. The fraction of sp³-hybridized carbons (Fsp3) is 0.421. The van der Waals surface area contributed by atoms with Crippen molar-refractivity contribution in [2.45, 2.75) is 25.8 Å². The smallest absolute Gasteiger partial charge is 0.238 e. The molecule has 5 nitrogen and oxygen atoms in total. The molecule has 26 heavy (non-hydrogen) atoms. The van der Waals surface area contributed by atoms with Crippen molar-refractivity contribution >= 4 is 34.5 Å². The quantitative estimate of drug-likeness (QED) is 0.790. The van der Waals surface area contributed by atoms with Crippen molar-refractivity contribution in [3.63, 3.8) is 0 Å². The number of halogens is 1. The first-order valence-electron chi connectivity index (χ1n) is 8.59. The van der Waals surface area contributed by atoms with Crippen molar-refractivity contribution in [1.29, 1.82) is 0 Å². The average Bonchev–Trinajstić information content (AvgIpc) is 3.10. The molecule has 0 aliphatic carbocycles. The Balaban J connectivity index is 1.72. The maximum Gasteiger partial charge on any atom is 0.238 e. The topological polar surface area (TPSA) is 50.8 Å². The molecule has 1 aromatic carbocycles. The summed E-state index contributed by atoms with van der Waals surface area (Å²) in [6.07, 6.45) is 1.98. The Hall–Kier alpha value is -1.76. The highest BCUT2D eigenvalue weighted by atomic mass is 35.5. The minimum atomic E-state index is -0.0818. The molecular weight excluding hydrogens is 372 g/mol. The van der Waals surface area contributed by atoms with E-state index in [-0.39, 0.29) is 11.9 Å². The predicted octanol–water partition coefficient (Wildman–Crippen LogP) is 4.37. The van der Waals surface area contributed by atoms with Crippen LogP contribution in [0.5, 0.6) is 11.5 Å². The third kappa shape index (κ3) is 3.82. The van der Waals surface area contributed by atoms with Gasteiger partial charge in [-0.25, -0.2) is 0 Å². The molecule has 140 valence electrons. The number of hydrogen-bond acceptors (Lipinski definition) is 5. The SMILES string of the molecule is CCC1c2ccsc2CCN1CC(=O)Nc1cc(Cl)c(OC)cc1OC. The van der Waals surface area contributed by atoms with Crippen LogP contribution in [-0.2, 0) is 11.2 Å². The number of anilines is 1. The zero-order valence-corrected chi connectivity index (χ0v) is 16.7. The van der Waals surface area contributed by atoms with Crippen LogP contribution in [0.3, 0.4) is 0 Å². The lowest BCUT2D eigenvalue weighted by atomic mass is 9.98. The van der Waals surface area contributed by atoms with Crippen molar-refractivity contribution in [2.24, 2.45) is 0 Å². The van der Waals surface area contributed by atoms with Gasteiger partial charge in [-0.1, -0.05) is 18.5 Å². The second-order valence-electron chi connectivity index (χ2n) is 6.18. The van der Waals surface area contributed by atoms with Crippen LogP contribution in [0.25, 0.3) is 0 Å². The van der Waals surface area contributed by atoms with Crippen molar-refractivity contribution in [3.8, 4) is 11.5 Å². The lowest BCUT2D eigenvalue weighted by Crippen LogP contribution is -2.40. The van der Waals surface area contributed by atoms with Crippen molar-refractivity contribution in [2.75, 3.05) is 32.6 Å². The molecule has 1 amide bonds. The highest BCUT2D eigenvalue weighted by Crippen LogP contribution is 2.37. The molecule has 2 aromatic rings. The number of nitrogens with one attached hydrogen (secondary N) is 1. The zero-order chi connectivity index (χ0) is 18.7. The summed E-state index contributed by atoms with van der Waals surface area (Å²) in [5, 5.41) is 5.49. The molecule has 7 heteroatoms. The Labute approximate surface area is 162 Å². The maximum atomic E-state index is 12.6. The van der Waals surface area contributed by atoms with Crippen molar-refractivity contribution in [3.05, 3.63) is 39.0 Å². The van der Waals surface area contributed by atoms with Crippen molar-refractivity contribution in [1.82, 2.24) is 4.90 Å². The molecule has 1 atom stereocenters. The fourth-order valence-corrected chi connectivity index (χ4v) is 4.62. The van der Waals surface area contributed by atoms with E-state index in [2.05, 4.69) is 28.6 Å². The number of amides is 1. The maximum absolute atomic E-state index is 12.6. The monoisotopic (exact) mass is 394 g/mol. The Kier molecular flexibility index (Phi) is 6.06. The van der Waals surface area contributed by atoms with Gasteiger partial charge in [0, 0.05) is 23.5 Å². The third-order valence-electron chi connectivity index (χ3n) is 4.69. The molecule has 0 saturated carbocycles. The van der Waals surface area contributed by atoms with Crippen LogP contribution >= 0.6 is 22.9 Å². The molecule has 1 aliphatic rings. The van der Waals surface area contributed by atoms with E-state index in [4.69, 9.17) is 21.1 Å². The van der Waals surface area contributed by atoms with Gasteiger partial charge >= 0.3 is 0 Å². The van der Waals surface area contributed by atoms with Crippen LogP contribution in [0.15, 0.2) is 23.6 Å². The van der Waals surface area contributed by atoms with E-state index >= 15 is 0 Å². The van der Waals surface area contributed by atoms with Gasteiger partial charge < -0.3 is 14.8 Å². The Morgan fingerprint density at radius 3 is 2.81 bits per heavy atom.